The lowest BCUT2D eigenvalue weighted by Crippen LogP contribution is -2.14. The molecule has 0 saturated carbocycles. The third-order valence-electron chi connectivity index (χ3n) is 3.65. The van der Waals surface area contributed by atoms with Crippen molar-refractivity contribution in [3.05, 3.63) is 71.4 Å². The monoisotopic (exact) mass is 378 g/mol. The standard InChI is InChI=1S/C19H14N4OS2/c24-17(10-16-12-26-19(23-16)14-2-1-7-20-11-14)22-15-5-3-13(4-6-15)18-21-8-9-25-18/h1-9,11-12H,10H2,(H,22,24). The van der Waals surface area contributed by atoms with Crippen LogP contribution in [0.2, 0.25) is 0 Å². The van der Waals surface area contributed by atoms with Crippen LogP contribution in [0.1, 0.15) is 5.69 Å². The number of anilines is 1. The van der Waals surface area contributed by atoms with Gasteiger partial charge in [-0.05, 0) is 36.4 Å². The first-order valence-corrected chi connectivity index (χ1v) is 9.68. The minimum atomic E-state index is -0.0879. The molecule has 3 heterocycles. The van der Waals surface area contributed by atoms with Crippen LogP contribution in [-0.2, 0) is 11.2 Å². The summed E-state index contributed by atoms with van der Waals surface area (Å²) < 4.78 is 0. The number of nitrogens with one attached hydrogen (secondary N) is 1. The van der Waals surface area contributed by atoms with Gasteiger partial charge in [-0.2, -0.15) is 0 Å². The second-order valence-corrected chi connectivity index (χ2v) is 7.28. The number of nitrogens with zero attached hydrogens (tertiary/aromatic N) is 3. The molecule has 0 aliphatic carbocycles. The van der Waals surface area contributed by atoms with Crippen LogP contribution in [0.5, 0.6) is 0 Å². The Kier molecular flexibility index (Phi) is 4.81. The molecule has 1 N–H and O–H groups in total. The van der Waals surface area contributed by atoms with Crippen molar-refractivity contribution < 1.29 is 4.79 Å². The molecule has 0 saturated heterocycles. The molecule has 4 rings (SSSR count). The number of amides is 1. The number of aromatic nitrogens is 3. The largest absolute Gasteiger partial charge is 0.326 e. The van der Waals surface area contributed by atoms with Gasteiger partial charge in [0, 0.05) is 46.2 Å². The summed E-state index contributed by atoms with van der Waals surface area (Å²) in [5, 5.41) is 8.60. The van der Waals surface area contributed by atoms with E-state index in [0.717, 1.165) is 32.5 Å². The lowest BCUT2D eigenvalue weighted by atomic mass is 10.2. The van der Waals surface area contributed by atoms with Crippen molar-refractivity contribution in [1.29, 1.82) is 0 Å². The van der Waals surface area contributed by atoms with Gasteiger partial charge in [-0.25, -0.2) is 9.97 Å². The van der Waals surface area contributed by atoms with E-state index in [4.69, 9.17) is 0 Å². The van der Waals surface area contributed by atoms with Gasteiger partial charge in [0.25, 0.3) is 0 Å². The Bertz CT molecular complexity index is 996. The van der Waals surface area contributed by atoms with E-state index in [9.17, 15) is 4.79 Å². The summed E-state index contributed by atoms with van der Waals surface area (Å²) >= 11 is 3.10. The highest BCUT2D eigenvalue weighted by atomic mass is 32.1. The van der Waals surface area contributed by atoms with Crippen LogP contribution < -0.4 is 5.32 Å². The van der Waals surface area contributed by atoms with Crippen LogP contribution in [-0.4, -0.2) is 20.9 Å². The van der Waals surface area contributed by atoms with Gasteiger partial charge in [0.15, 0.2) is 0 Å². The molecule has 26 heavy (non-hydrogen) atoms. The van der Waals surface area contributed by atoms with E-state index >= 15 is 0 Å². The van der Waals surface area contributed by atoms with Crippen LogP contribution in [0.3, 0.4) is 0 Å². The van der Waals surface area contributed by atoms with E-state index in [1.54, 1.807) is 29.9 Å². The van der Waals surface area contributed by atoms with Crippen LogP contribution in [0.15, 0.2) is 65.7 Å². The lowest BCUT2D eigenvalue weighted by Gasteiger charge is -2.05. The normalized spacial score (nSPS) is 10.6. The van der Waals surface area contributed by atoms with Gasteiger partial charge in [-0.1, -0.05) is 0 Å². The predicted octanol–water partition coefficient (Wildman–Crippen LogP) is 4.51. The number of hydrogen-bond acceptors (Lipinski definition) is 6. The number of pyridine rings is 1. The summed E-state index contributed by atoms with van der Waals surface area (Å²) in [6, 6.07) is 11.5. The number of rotatable bonds is 5. The fraction of sp³-hybridized carbons (Fsp3) is 0.0526. The minimum Gasteiger partial charge on any atom is -0.326 e. The average molecular weight is 378 g/mol. The van der Waals surface area contributed by atoms with Crippen LogP contribution in [0.4, 0.5) is 5.69 Å². The summed E-state index contributed by atoms with van der Waals surface area (Å²) in [7, 11) is 0. The first-order chi connectivity index (χ1) is 12.8. The third kappa shape index (κ3) is 3.84. The van der Waals surface area contributed by atoms with Gasteiger partial charge in [0.05, 0.1) is 12.1 Å². The second kappa shape index (κ2) is 7.55. The molecule has 0 aliphatic heterocycles. The quantitative estimate of drug-likeness (QED) is 0.555. The van der Waals surface area contributed by atoms with E-state index in [1.165, 1.54) is 11.3 Å². The lowest BCUT2D eigenvalue weighted by molar-refractivity contribution is -0.115. The molecule has 0 fully saturated rings. The Morgan fingerprint density at radius 2 is 1.88 bits per heavy atom. The van der Waals surface area contributed by atoms with Crippen LogP contribution in [0, 0.1) is 0 Å². The summed E-state index contributed by atoms with van der Waals surface area (Å²) in [5.74, 6) is -0.0879. The zero-order chi connectivity index (χ0) is 17.8. The van der Waals surface area contributed by atoms with Gasteiger partial charge in [-0.15, -0.1) is 22.7 Å². The predicted molar refractivity (Wildman–Crippen MR) is 105 cm³/mol. The average Bonchev–Trinajstić information content (AvgIpc) is 3.35. The molecule has 0 aliphatic rings. The fourth-order valence-corrected chi connectivity index (χ4v) is 3.90. The molecule has 0 spiro atoms. The SMILES string of the molecule is O=C(Cc1csc(-c2cccnc2)n1)Nc1ccc(-c2nccs2)cc1. The van der Waals surface area contributed by atoms with Crippen molar-refractivity contribution in [3.63, 3.8) is 0 Å². The Morgan fingerprint density at radius 3 is 2.62 bits per heavy atom. The molecular weight excluding hydrogens is 364 g/mol. The van der Waals surface area contributed by atoms with E-state index in [1.807, 2.05) is 47.2 Å². The van der Waals surface area contributed by atoms with Gasteiger partial charge >= 0.3 is 0 Å². The van der Waals surface area contributed by atoms with Crippen molar-refractivity contribution in [3.8, 4) is 21.1 Å². The van der Waals surface area contributed by atoms with Gasteiger partial charge in [0.1, 0.15) is 10.0 Å². The summed E-state index contributed by atoms with van der Waals surface area (Å²) in [5.41, 5.74) is 3.52. The Hall–Kier alpha value is -2.90. The first kappa shape index (κ1) is 16.6. The fourth-order valence-electron chi connectivity index (χ4n) is 2.44. The van der Waals surface area contributed by atoms with Gasteiger partial charge in [0.2, 0.25) is 5.91 Å². The number of hydrogen-bond donors (Lipinski definition) is 1. The van der Waals surface area contributed by atoms with Crippen molar-refractivity contribution in [2.45, 2.75) is 6.42 Å². The number of carbonyl (C=O) groups excluding carboxylic acids is 1. The zero-order valence-corrected chi connectivity index (χ0v) is 15.3. The maximum absolute atomic E-state index is 12.3. The first-order valence-electron chi connectivity index (χ1n) is 7.92. The van der Waals surface area contributed by atoms with Crippen LogP contribution >= 0.6 is 22.7 Å². The summed E-state index contributed by atoms with van der Waals surface area (Å²) in [6.07, 6.45) is 5.52. The molecule has 0 unspecified atom stereocenters. The van der Waals surface area contributed by atoms with E-state index < -0.39 is 0 Å². The molecule has 0 radical (unpaired) electrons. The highest BCUT2D eigenvalue weighted by molar-refractivity contribution is 7.13. The number of carbonyl (C=O) groups is 1. The highest BCUT2D eigenvalue weighted by Crippen LogP contribution is 2.24. The molecule has 3 aromatic heterocycles. The van der Waals surface area contributed by atoms with Crippen molar-refractivity contribution in [2.75, 3.05) is 5.32 Å². The van der Waals surface area contributed by atoms with E-state index in [0.29, 0.717) is 0 Å². The molecule has 4 aromatic rings. The maximum atomic E-state index is 12.3. The Balaban J connectivity index is 1.39. The summed E-state index contributed by atoms with van der Waals surface area (Å²) in [4.78, 5) is 25.2. The summed E-state index contributed by atoms with van der Waals surface area (Å²) in [6.45, 7) is 0. The zero-order valence-electron chi connectivity index (χ0n) is 13.6. The third-order valence-corrected chi connectivity index (χ3v) is 5.41. The molecule has 128 valence electrons. The smallest absolute Gasteiger partial charge is 0.230 e. The highest BCUT2D eigenvalue weighted by Gasteiger charge is 2.10. The minimum absolute atomic E-state index is 0.0879. The van der Waals surface area contributed by atoms with Gasteiger partial charge < -0.3 is 5.32 Å². The molecular formula is C19H14N4OS2. The molecule has 5 nitrogen and oxygen atoms in total. The second-order valence-electron chi connectivity index (χ2n) is 5.53. The van der Waals surface area contributed by atoms with Crippen molar-refractivity contribution >= 4 is 34.3 Å². The molecule has 7 heteroatoms. The Labute approximate surface area is 158 Å². The van der Waals surface area contributed by atoms with E-state index in [2.05, 4.69) is 20.3 Å². The molecule has 1 amide bonds. The number of benzene rings is 1. The molecule has 1 aromatic carbocycles. The molecule has 0 bridgehead atoms. The van der Waals surface area contributed by atoms with Crippen molar-refractivity contribution in [1.82, 2.24) is 15.0 Å². The van der Waals surface area contributed by atoms with Crippen molar-refractivity contribution in [2.24, 2.45) is 0 Å². The van der Waals surface area contributed by atoms with E-state index in [-0.39, 0.29) is 12.3 Å². The topological polar surface area (TPSA) is 67.8 Å². The Morgan fingerprint density at radius 1 is 1.00 bits per heavy atom. The number of thiazole rings is 2. The van der Waals surface area contributed by atoms with Gasteiger partial charge in [-0.3, -0.25) is 9.78 Å². The maximum Gasteiger partial charge on any atom is 0.230 e. The van der Waals surface area contributed by atoms with Crippen LogP contribution in [0.25, 0.3) is 21.1 Å². The molecule has 0 atom stereocenters.